The number of hydrogen-bond acceptors (Lipinski definition) is 4. The smallest absolute Gasteiger partial charge is 0.291 e. The van der Waals surface area contributed by atoms with E-state index in [-0.39, 0.29) is 17.6 Å². The maximum Gasteiger partial charge on any atom is 0.291 e. The Morgan fingerprint density at radius 2 is 1.96 bits per heavy atom. The van der Waals surface area contributed by atoms with Gasteiger partial charge in [-0.15, -0.1) is 5.10 Å². The van der Waals surface area contributed by atoms with E-state index in [4.69, 9.17) is 27.5 Å². The molecule has 0 fully saturated rings. The van der Waals surface area contributed by atoms with Crippen LogP contribution < -0.4 is 16.8 Å². The summed E-state index contributed by atoms with van der Waals surface area (Å²) in [5, 5.41) is 11.2. The van der Waals surface area contributed by atoms with E-state index in [9.17, 15) is 4.79 Å². The quantitative estimate of drug-likeness (QED) is 0.443. The summed E-state index contributed by atoms with van der Waals surface area (Å²) in [4.78, 5) is 12.6. The number of carbonyl (C=O) groups excluding carboxylic acids is 1. The van der Waals surface area contributed by atoms with Crippen LogP contribution in [0.5, 0.6) is 0 Å². The van der Waals surface area contributed by atoms with Gasteiger partial charge in [-0.05, 0) is 44.0 Å². The molecule has 0 aliphatic heterocycles. The van der Waals surface area contributed by atoms with Crippen molar-refractivity contribution in [1.82, 2.24) is 0 Å². The molecule has 1 aliphatic carbocycles. The topological polar surface area (TPSA) is 119 Å². The van der Waals surface area contributed by atoms with Crippen molar-refractivity contribution < 1.29 is 9.21 Å². The molecule has 0 radical (unpaired) electrons. The van der Waals surface area contributed by atoms with E-state index < -0.39 is 0 Å². The fourth-order valence-corrected chi connectivity index (χ4v) is 2.95. The second kappa shape index (κ2) is 6.98. The lowest BCUT2D eigenvalue weighted by Gasteiger charge is -2.11. The summed E-state index contributed by atoms with van der Waals surface area (Å²) in [5.41, 5.74) is 13.6. The van der Waals surface area contributed by atoms with Gasteiger partial charge in [-0.25, -0.2) is 0 Å². The molecule has 1 aromatic carbocycles. The van der Waals surface area contributed by atoms with Gasteiger partial charge in [0.15, 0.2) is 5.76 Å². The third-order valence-electron chi connectivity index (χ3n) is 3.92. The van der Waals surface area contributed by atoms with Crippen LogP contribution in [-0.4, -0.2) is 17.6 Å². The van der Waals surface area contributed by atoms with Crippen LogP contribution in [0.3, 0.4) is 0 Å². The van der Waals surface area contributed by atoms with E-state index in [1.165, 1.54) is 0 Å². The van der Waals surface area contributed by atoms with Crippen LogP contribution in [0, 0.1) is 6.92 Å². The molecule has 0 unspecified atom stereocenters. The lowest BCUT2D eigenvalue weighted by Crippen LogP contribution is -2.22. The lowest BCUT2D eigenvalue weighted by atomic mass is 9.93. The molecule has 1 heterocycles. The van der Waals surface area contributed by atoms with E-state index in [0.717, 1.165) is 41.9 Å². The number of hydrogen-bond donors (Lipinski definition) is 3. The average Bonchev–Trinajstić information content (AvgIpc) is 2.93. The van der Waals surface area contributed by atoms with E-state index >= 15 is 0 Å². The van der Waals surface area contributed by atoms with Crippen LogP contribution in [0.1, 0.15) is 40.3 Å². The Hall–Kier alpha value is -2.80. The molecule has 25 heavy (non-hydrogen) atoms. The van der Waals surface area contributed by atoms with Crippen molar-refractivity contribution >= 4 is 34.9 Å². The van der Waals surface area contributed by atoms with E-state index in [0.29, 0.717) is 10.7 Å². The number of fused-ring (bicyclic) bond motifs is 1. The molecule has 5 N–H and O–H groups in total. The Balaban J connectivity index is 1.91. The number of amides is 1. The largest absolute Gasteiger partial charge is 0.455 e. The fourth-order valence-electron chi connectivity index (χ4n) is 2.82. The second-order valence-corrected chi connectivity index (χ2v) is 6.18. The Labute approximate surface area is 149 Å². The number of nitrogens with one attached hydrogen (secondary N) is 1. The summed E-state index contributed by atoms with van der Waals surface area (Å²) < 4.78 is 5.80. The van der Waals surface area contributed by atoms with Gasteiger partial charge in [-0.2, -0.15) is 5.10 Å². The molecule has 0 saturated heterocycles. The van der Waals surface area contributed by atoms with Gasteiger partial charge in [0.2, 0.25) is 5.96 Å². The highest BCUT2D eigenvalue weighted by molar-refractivity contribution is 6.30. The zero-order chi connectivity index (χ0) is 18.0. The number of halogens is 1. The molecule has 0 spiro atoms. The summed E-state index contributed by atoms with van der Waals surface area (Å²) in [5.74, 6) is 0.561. The first kappa shape index (κ1) is 17.0. The number of aryl methyl sites for hydroxylation is 1. The van der Waals surface area contributed by atoms with Crippen molar-refractivity contribution in [3.8, 4) is 0 Å². The van der Waals surface area contributed by atoms with Crippen LogP contribution in [-0.2, 0) is 6.42 Å². The number of guanidine groups is 1. The number of nitrogens with two attached hydrogens (primary N) is 2. The van der Waals surface area contributed by atoms with E-state index in [1.54, 1.807) is 24.3 Å². The first-order valence-electron chi connectivity index (χ1n) is 7.80. The van der Waals surface area contributed by atoms with Crippen molar-refractivity contribution in [2.45, 2.75) is 26.2 Å². The third-order valence-corrected chi connectivity index (χ3v) is 4.17. The van der Waals surface area contributed by atoms with Gasteiger partial charge in [-0.1, -0.05) is 11.6 Å². The lowest BCUT2D eigenvalue weighted by molar-refractivity contribution is 0.0994. The van der Waals surface area contributed by atoms with Crippen molar-refractivity contribution in [3.63, 3.8) is 0 Å². The number of furan rings is 1. The fraction of sp³-hybridized carbons (Fsp3) is 0.235. The van der Waals surface area contributed by atoms with Crippen LogP contribution in [0.4, 0.5) is 5.69 Å². The van der Waals surface area contributed by atoms with Crippen molar-refractivity contribution in [2.75, 3.05) is 5.32 Å². The number of anilines is 1. The predicted molar refractivity (Wildman–Crippen MR) is 98.1 cm³/mol. The van der Waals surface area contributed by atoms with E-state index in [2.05, 4.69) is 15.5 Å². The van der Waals surface area contributed by atoms with Crippen molar-refractivity contribution in [3.05, 3.63) is 51.9 Å². The van der Waals surface area contributed by atoms with E-state index in [1.807, 2.05) is 6.92 Å². The molecule has 1 aromatic heterocycles. The molecule has 3 rings (SSSR count). The van der Waals surface area contributed by atoms with Gasteiger partial charge in [0.1, 0.15) is 5.76 Å². The monoisotopic (exact) mass is 359 g/mol. The molecule has 2 aromatic rings. The van der Waals surface area contributed by atoms with Crippen LogP contribution >= 0.6 is 11.6 Å². The molecule has 0 saturated carbocycles. The normalized spacial score (nSPS) is 14.9. The molecular weight excluding hydrogens is 342 g/mol. The summed E-state index contributed by atoms with van der Waals surface area (Å²) in [6.45, 7) is 1.83. The third kappa shape index (κ3) is 3.66. The highest BCUT2D eigenvalue weighted by Crippen LogP contribution is 2.30. The molecular formula is C17H18ClN5O2. The predicted octanol–water partition coefficient (Wildman–Crippen LogP) is 2.81. The Bertz CT molecular complexity index is 864. The Morgan fingerprint density at radius 1 is 1.24 bits per heavy atom. The summed E-state index contributed by atoms with van der Waals surface area (Å²) in [7, 11) is 0. The Kier molecular flexibility index (Phi) is 4.76. The van der Waals surface area contributed by atoms with Gasteiger partial charge in [0.25, 0.3) is 5.91 Å². The SMILES string of the molecule is Cc1c(C(=O)Nc2ccc(Cl)cc2)oc2c1/C(=N/N=C(N)N)CCC2. The summed E-state index contributed by atoms with van der Waals surface area (Å²) >= 11 is 5.85. The summed E-state index contributed by atoms with van der Waals surface area (Å²) in [6.07, 6.45) is 2.32. The van der Waals surface area contributed by atoms with Gasteiger partial charge >= 0.3 is 0 Å². The van der Waals surface area contributed by atoms with Crippen molar-refractivity contribution in [2.24, 2.45) is 21.7 Å². The minimum atomic E-state index is -0.324. The maximum atomic E-state index is 12.6. The first-order valence-corrected chi connectivity index (χ1v) is 8.18. The standard InChI is InChI=1S/C17H18ClN5O2/c1-9-14-12(22-23-17(19)20)3-2-4-13(14)25-15(9)16(24)21-11-7-5-10(18)6-8-11/h5-8H,2-4H2,1H3,(H,21,24)(H4,19,20,23)/b22-12+. The molecule has 0 atom stereocenters. The van der Waals surface area contributed by atoms with Crippen LogP contribution in [0.25, 0.3) is 0 Å². The zero-order valence-corrected chi connectivity index (χ0v) is 14.4. The first-order chi connectivity index (χ1) is 12.0. The Morgan fingerprint density at radius 3 is 2.64 bits per heavy atom. The average molecular weight is 360 g/mol. The molecule has 7 nitrogen and oxygen atoms in total. The maximum absolute atomic E-state index is 12.6. The van der Waals surface area contributed by atoms with Gasteiger partial charge in [-0.3, -0.25) is 4.79 Å². The molecule has 8 heteroatoms. The van der Waals surface area contributed by atoms with Gasteiger partial charge in [0, 0.05) is 28.3 Å². The minimum Gasteiger partial charge on any atom is -0.455 e. The zero-order valence-electron chi connectivity index (χ0n) is 13.7. The highest BCUT2D eigenvalue weighted by Gasteiger charge is 2.28. The minimum absolute atomic E-state index is 0.110. The number of benzene rings is 1. The molecule has 1 amide bonds. The number of rotatable bonds is 3. The second-order valence-electron chi connectivity index (χ2n) is 5.74. The number of nitrogens with zero attached hydrogens (tertiary/aromatic N) is 2. The highest BCUT2D eigenvalue weighted by atomic mass is 35.5. The molecule has 0 bridgehead atoms. The van der Waals surface area contributed by atoms with Crippen LogP contribution in [0.15, 0.2) is 38.9 Å². The van der Waals surface area contributed by atoms with Crippen LogP contribution in [0.2, 0.25) is 5.02 Å². The van der Waals surface area contributed by atoms with Gasteiger partial charge in [0.05, 0.1) is 5.71 Å². The number of carbonyl (C=O) groups is 1. The van der Waals surface area contributed by atoms with Crippen molar-refractivity contribution in [1.29, 1.82) is 0 Å². The molecule has 130 valence electrons. The van der Waals surface area contributed by atoms with Gasteiger partial charge < -0.3 is 21.2 Å². The molecule has 1 aliphatic rings. The summed E-state index contributed by atoms with van der Waals surface area (Å²) in [6, 6.07) is 6.86.